The zero-order chi connectivity index (χ0) is 29.5. The lowest BCUT2D eigenvalue weighted by molar-refractivity contribution is -0.247. The zero-order valence-electron chi connectivity index (χ0n) is 23.9. The van der Waals surface area contributed by atoms with Gasteiger partial charge in [-0.05, 0) is 38.5 Å². The van der Waals surface area contributed by atoms with Gasteiger partial charge in [-0.3, -0.25) is 19.2 Å². The van der Waals surface area contributed by atoms with Crippen LogP contribution >= 0.6 is 0 Å². The van der Waals surface area contributed by atoms with E-state index in [4.69, 9.17) is 23.7 Å². The Morgan fingerprint density at radius 2 is 1.74 bits per heavy atom. The molecule has 218 valence electrons. The Hall–Kier alpha value is -3.18. The van der Waals surface area contributed by atoms with E-state index in [1.165, 1.54) is 13.8 Å². The Kier molecular flexibility index (Phi) is 11.3. The molecule has 0 spiro atoms. The molecule has 0 radical (unpaired) electrons. The first-order chi connectivity index (χ1) is 18.1. The highest BCUT2D eigenvalue weighted by Crippen LogP contribution is 2.37. The van der Waals surface area contributed by atoms with Crippen molar-refractivity contribution in [2.24, 2.45) is 17.8 Å². The van der Waals surface area contributed by atoms with Gasteiger partial charge in [0.2, 0.25) is 12.2 Å². The van der Waals surface area contributed by atoms with Crippen LogP contribution in [0.3, 0.4) is 0 Å². The third-order valence-electron chi connectivity index (χ3n) is 6.28. The third kappa shape index (κ3) is 9.81. The number of carbonyl (C=O) groups excluding carboxylic acids is 4. The molecule has 11 nitrogen and oxygen atoms in total. The van der Waals surface area contributed by atoms with Crippen molar-refractivity contribution in [3.63, 3.8) is 0 Å². The average molecular weight is 552 g/mol. The quantitative estimate of drug-likeness (QED) is 0.328. The van der Waals surface area contributed by atoms with Crippen LogP contribution in [0.5, 0.6) is 5.75 Å². The van der Waals surface area contributed by atoms with Crippen LogP contribution in [0.15, 0.2) is 18.2 Å². The third-order valence-corrected chi connectivity index (χ3v) is 6.28. The number of aliphatic hydroxyl groups is 1. The number of nitrogens with one attached hydrogen (secondary N) is 1. The van der Waals surface area contributed by atoms with Crippen molar-refractivity contribution in [2.75, 3.05) is 11.9 Å². The van der Waals surface area contributed by atoms with Crippen molar-refractivity contribution >= 4 is 29.5 Å². The number of ether oxygens (including phenoxy) is 5. The minimum absolute atomic E-state index is 0.107. The number of benzene rings is 1. The van der Waals surface area contributed by atoms with Gasteiger partial charge in [0, 0.05) is 31.6 Å². The number of esters is 3. The Labute approximate surface area is 229 Å². The number of hydrogen-bond acceptors (Lipinski definition) is 10. The zero-order valence-corrected chi connectivity index (χ0v) is 23.9. The second-order valence-electron chi connectivity index (χ2n) is 10.9. The number of hydrogen-bond donors (Lipinski definition) is 2. The maximum atomic E-state index is 12.9. The molecule has 6 atom stereocenters. The Morgan fingerprint density at radius 3 is 2.31 bits per heavy atom. The molecule has 0 unspecified atom stereocenters. The van der Waals surface area contributed by atoms with E-state index >= 15 is 0 Å². The molecule has 0 saturated carbocycles. The van der Waals surface area contributed by atoms with Crippen LogP contribution < -0.4 is 10.1 Å². The summed E-state index contributed by atoms with van der Waals surface area (Å²) < 4.78 is 28.2. The van der Waals surface area contributed by atoms with Crippen molar-refractivity contribution in [1.82, 2.24) is 0 Å². The molecule has 2 rings (SSSR count). The predicted octanol–water partition coefficient (Wildman–Crippen LogP) is 3.36. The molecule has 1 amide bonds. The highest BCUT2D eigenvalue weighted by molar-refractivity contribution is 5.95. The van der Waals surface area contributed by atoms with Crippen molar-refractivity contribution in [1.29, 1.82) is 0 Å². The summed E-state index contributed by atoms with van der Waals surface area (Å²) in [6.45, 7) is 12.8. The Balaban J connectivity index is 2.25. The molecule has 1 heterocycles. The standard InChI is InChI=1S/C28H41NO10/c1-15(11-24(33)39-28(6,7)8)26(34)29-21-10-9-20(13-30)12-22(21)37-27-17(3)16(2)25(36-19(5)32)23(38-27)14-35-18(4)31/h9-10,12,15-17,23,25,27,30H,11,13-14H2,1-8H3,(H,29,34)/t15-,16-,17-,23-,25-,27-/m1/s1. The molecule has 1 aliphatic heterocycles. The first-order valence-electron chi connectivity index (χ1n) is 13.0. The molecule has 0 aromatic heterocycles. The van der Waals surface area contributed by atoms with Gasteiger partial charge in [-0.25, -0.2) is 0 Å². The second-order valence-corrected chi connectivity index (χ2v) is 10.9. The summed E-state index contributed by atoms with van der Waals surface area (Å²) in [5.74, 6) is -2.88. The summed E-state index contributed by atoms with van der Waals surface area (Å²) in [5.41, 5.74) is 0.190. The molecule has 11 heteroatoms. The fourth-order valence-electron chi connectivity index (χ4n) is 4.08. The molecule has 1 aromatic rings. The highest BCUT2D eigenvalue weighted by atomic mass is 16.7. The van der Waals surface area contributed by atoms with E-state index in [1.54, 1.807) is 45.9 Å². The van der Waals surface area contributed by atoms with Gasteiger partial charge in [0.25, 0.3) is 0 Å². The van der Waals surface area contributed by atoms with E-state index in [9.17, 15) is 24.3 Å². The Bertz CT molecular complexity index is 1030. The summed E-state index contributed by atoms with van der Waals surface area (Å²) in [5, 5.41) is 12.5. The van der Waals surface area contributed by atoms with E-state index in [0.717, 1.165) is 0 Å². The first-order valence-corrected chi connectivity index (χ1v) is 13.0. The predicted molar refractivity (Wildman–Crippen MR) is 140 cm³/mol. The molecule has 2 N–H and O–H groups in total. The summed E-state index contributed by atoms with van der Waals surface area (Å²) in [6.07, 6.45) is -2.43. The van der Waals surface area contributed by atoms with Gasteiger partial charge in [0.15, 0.2) is 0 Å². The summed E-state index contributed by atoms with van der Waals surface area (Å²) >= 11 is 0. The number of carbonyl (C=O) groups is 4. The van der Waals surface area contributed by atoms with E-state index in [0.29, 0.717) is 11.3 Å². The van der Waals surface area contributed by atoms with E-state index in [-0.39, 0.29) is 37.2 Å². The van der Waals surface area contributed by atoms with Gasteiger partial charge < -0.3 is 34.1 Å². The summed E-state index contributed by atoms with van der Waals surface area (Å²) in [4.78, 5) is 48.3. The second kappa shape index (κ2) is 13.7. The lowest BCUT2D eigenvalue weighted by Gasteiger charge is -2.43. The van der Waals surface area contributed by atoms with Gasteiger partial charge in [-0.1, -0.05) is 26.8 Å². The summed E-state index contributed by atoms with van der Waals surface area (Å²) in [6, 6.07) is 4.80. The minimum atomic E-state index is -0.865. The van der Waals surface area contributed by atoms with Crippen LogP contribution in [0.4, 0.5) is 5.69 Å². The summed E-state index contributed by atoms with van der Waals surface area (Å²) in [7, 11) is 0. The van der Waals surface area contributed by atoms with E-state index in [2.05, 4.69) is 5.32 Å². The molecule has 0 bridgehead atoms. The molecule has 39 heavy (non-hydrogen) atoms. The smallest absolute Gasteiger partial charge is 0.307 e. The average Bonchev–Trinajstić information content (AvgIpc) is 2.82. The molecule has 0 aliphatic carbocycles. The van der Waals surface area contributed by atoms with Crippen LogP contribution in [0.2, 0.25) is 0 Å². The minimum Gasteiger partial charge on any atom is -0.463 e. The monoisotopic (exact) mass is 551 g/mol. The van der Waals surface area contributed by atoms with Crippen LogP contribution in [0.25, 0.3) is 0 Å². The topological polar surface area (TPSA) is 147 Å². The van der Waals surface area contributed by atoms with Gasteiger partial charge in [-0.15, -0.1) is 0 Å². The number of rotatable bonds is 10. The van der Waals surface area contributed by atoms with Crippen LogP contribution in [0, 0.1) is 17.8 Å². The lowest BCUT2D eigenvalue weighted by Crippen LogP contribution is -2.54. The molecular weight excluding hydrogens is 510 g/mol. The maximum absolute atomic E-state index is 12.9. The van der Waals surface area contributed by atoms with Crippen LogP contribution in [-0.2, 0) is 44.7 Å². The number of anilines is 1. The molecule has 1 aromatic carbocycles. The lowest BCUT2D eigenvalue weighted by atomic mass is 9.84. The first kappa shape index (κ1) is 32.0. The largest absolute Gasteiger partial charge is 0.463 e. The molecular formula is C28H41NO10. The van der Waals surface area contributed by atoms with E-state index < -0.39 is 53.8 Å². The Morgan fingerprint density at radius 1 is 1.08 bits per heavy atom. The SMILES string of the molecule is CC(=O)OC[C@H]1O[C@@H](Oc2cc(CO)ccc2NC(=O)[C@H](C)CC(=O)OC(C)(C)C)[C@H](C)[C@@H](C)[C@H]1OC(C)=O. The normalized spacial score (nSPS) is 23.8. The number of aliphatic hydroxyl groups excluding tert-OH is 1. The van der Waals surface area contributed by atoms with Crippen molar-refractivity contribution in [3.05, 3.63) is 23.8 Å². The fourth-order valence-corrected chi connectivity index (χ4v) is 4.08. The fraction of sp³-hybridized carbons (Fsp3) is 0.643. The van der Waals surface area contributed by atoms with Gasteiger partial charge in [0.05, 0.1) is 18.7 Å². The van der Waals surface area contributed by atoms with Crippen molar-refractivity contribution < 1.29 is 48.0 Å². The number of amides is 1. The van der Waals surface area contributed by atoms with Crippen LogP contribution in [-0.4, -0.2) is 59.6 Å². The highest BCUT2D eigenvalue weighted by Gasteiger charge is 2.45. The van der Waals surface area contributed by atoms with Crippen LogP contribution in [0.1, 0.15) is 67.4 Å². The molecule has 1 aliphatic rings. The molecule has 1 saturated heterocycles. The van der Waals surface area contributed by atoms with Gasteiger partial charge in [0.1, 0.15) is 30.2 Å². The maximum Gasteiger partial charge on any atom is 0.307 e. The van der Waals surface area contributed by atoms with E-state index in [1.807, 2.05) is 13.8 Å². The van der Waals surface area contributed by atoms with Crippen molar-refractivity contribution in [3.8, 4) is 5.75 Å². The van der Waals surface area contributed by atoms with Gasteiger partial charge in [-0.2, -0.15) is 0 Å². The van der Waals surface area contributed by atoms with Crippen molar-refractivity contribution in [2.45, 2.75) is 92.5 Å². The molecule has 1 fully saturated rings. The van der Waals surface area contributed by atoms with Gasteiger partial charge >= 0.3 is 17.9 Å².